The Labute approximate surface area is 109 Å². The lowest BCUT2D eigenvalue weighted by Gasteiger charge is -2.03. The largest absolute Gasteiger partial charge is 0.300 e. The monoisotopic (exact) mass is 285 g/mol. The molecule has 0 bridgehead atoms. The molecule has 0 spiro atoms. The summed E-state index contributed by atoms with van der Waals surface area (Å²) in [6.45, 7) is 0. The average molecular weight is 286 g/mol. The van der Waals surface area contributed by atoms with Crippen LogP contribution in [0.2, 0.25) is 5.02 Å². The normalized spacial score (nSPS) is 10.1. The summed E-state index contributed by atoms with van der Waals surface area (Å²) in [6, 6.07) is 4.08. The number of nitro benzene ring substituents is 1. The first kappa shape index (κ1) is 12.3. The Morgan fingerprint density at radius 3 is 2.89 bits per heavy atom. The molecule has 0 saturated carbocycles. The van der Waals surface area contributed by atoms with Crippen molar-refractivity contribution in [2.24, 2.45) is 0 Å². The number of nitrogens with one attached hydrogen (secondary N) is 1. The molecule has 0 aliphatic carbocycles. The Bertz CT molecular complexity index is 603. The van der Waals surface area contributed by atoms with Gasteiger partial charge in [-0.05, 0) is 17.3 Å². The van der Waals surface area contributed by atoms with Crippen molar-refractivity contribution in [3.05, 3.63) is 38.9 Å². The van der Waals surface area contributed by atoms with Crippen molar-refractivity contribution in [2.45, 2.75) is 0 Å². The van der Waals surface area contributed by atoms with Crippen LogP contribution >= 0.6 is 23.1 Å². The summed E-state index contributed by atoms with van der Waals surface area (Å²) in [7, 11) is 0. The number of hydrogen-bond donors (Lipinski definition) is 1. The second kappa shape index (κ2) is 5.02. The quantitative estimate of drug-likeness (QED) is 0.679. The Kier molecular flexibility index (Phi) is 3.44. The van der Waals surface area contributed by atoms with Crippen LogP contribution in [-0.2, 0) is 0 Å². The number of hydrogen-bond acceptors (Lipinski definition) is 7. The predicted molar refractivity (Wildman–Crippen MR) is 63.8 cm³/mol. The first-order valence-corrected chi connectivity index (χ1v) is 5.64. The van der Waals surface area contributed by atoms with Gasteiger partial charge in [0.1, 0.15) is 10.6 Å². The van der Waals surface area contributed by atoms with Gasteiger partial charge in [-0.25, -0.2) is 0 Å². The van der Waals surface area contributed by atoms with Gasteiger partial charge in [-0.1, -0.05) is 27.3 Å². The minimum Gasteiger partial charge on any atom is -0.295 e. The highest BCUT2D eigenvalue weighted by atomic mass is 35.5. The smallest absolute Gasteiger partial charge is 0.295 e. The maximum atomic E-state index is 11.8. The van der Waals surface area contributed by atoms with Gasteiger partial charge in [0.2, 0.25) is 5.13 Å². The van der Waals surface area contributed by atoms with Crippen molar-refractivity contribution in [2.75, 3.05) is 5.32 Å². The minimum atomic E-state index is -0.713. The van der Waals surface area contributed by atoms with Crippen LogP contribution in [0.5, 0.6) is 0 Å². The van der Waals surface area contributed by atoms with E-state index in [9.17, 15) is 14.9 Å². The second-order valence-electron chi connectivity index (χ2n) is 3.01. The Morgan fingerprint density at radius 1 is 1.50 bits per heavy atom. The number of nitro groups is 1. The van der Waals surface area contributed by atoms with E-state index < -0.39 is 16.5 Å². The number of carbonyl (C=O) groups is 1. The maximum absolute atomic E-state index is 11.8. The van der Waals surface area contributed by atoms with E-state index in [0.717, 1.165) is 11.5 Å². The highest BCUT2D eigenvalue weighted by Crippen LogP contribution is 2.28. The molecule has 2 rings (SSSR count). The van der Waals surface area contributed by atoms with Crippen LogP contribution in [0.15, 0.2) is 18.2 Å². The predicted octanol–water partition coefficient (Wildman–Crippen LogP) is 1.75. The zero-order valence-electron chi connectivity index (χ0n) is 8.53. The fourth-order valence-corrected chi connectivity index (χ4v) is 1.84. The molecule has 1 heterocycles. The number of carbonyl (C=O) groups excluding carboxylic acids is 1. The van der Waals surface area contributed by atoms with Gasteiger partial charge in [0.25, 0.3) is 5.91 Å². The molecule has 92 valence electrons. The molecule has 2 aromatic rings. The van der Waals surface area contributed by atoms with Gasteiger partial charge < -0.3 is 0 Å². The van der Waals surface area contributed by atoms with E-state index in [1.54, 1.807) is 0 Å². The third-order valence-electron chi connectivity index (χ3n) is 1.93. The lowest BCUT2D eigenvalue weighted by molar-refractivity contribution is -0.385. The number of amides is 1. The third kappa shape index (κ3) is 2.41. The number of nitrogens with zero attached hydrogens (tertiary/aromatic N) is 4. The van der Waals surface area contributed by atoms with Gasteiger partial charge >= 0.3 is 5.69 Å². The van der Waals surface area contributed by atoms with Crippen molar-refractivity contribution < 1.29 is 9.72 Å². The van der Waals surface area contributed by atoms with E-state index >= 15 is 0 Å². The summed E-state index contributed by atoms with van der Waals surface area (Å²) in [6.07, 6.45) is 0. The molecular formula is C8H4ClN5O3S. The van der Waals surface area contributed by atoms with Gasteiger partial charge in [0, 0.05) is 11.5 Å². The molecule has 1 aromatic heterocycles. The molecule has 10 heteroatoms. The average Bonchev–Trinajstić information content (AvgIpc) is 2.80. The molecule has 0 aliphatic rings. The molecule has 0 unspecified atom stereocenters. The van der Waals surface area contributed by atoms with E-state index in [1.807, 2.05) is 0 Å². The summed E-state index contributed by atoms with van der Waals surface area (Å²) >= 11 is 6.55. The standard InChI is InChI=1S/C8H4ClN5O3S/c9-5-3-1-2-4(6(5)14(16)17)7(15)10-8-11-12-13-18-8/h1-3H,(H,10,11,13,15). The Hall–Kier alpha value is -2.13. The summed E-state index contributed by atoms with van der Waals surface area (Å²) in [4.78, 5) is 22.0. The molecular weight excluding hydrogens is 282 g/mol. The van der Waals surface area contributed by atoms with Crippen LogP contribution in [-0.4, -0.2) is 25.6 Å². The molecule has 18 heavy (non-hydrogen) atoms. The van der Waals surface area contributed by atoms with Crippen molar-refractivity contribution in [3.63, 3.8) is 0 Å². The lowest BCUT2D eigenvalue weighted by Crippen LogP contribution is -2.14. The molecule has 1 amide bonds. The number of benzene rings is 1. The van der Waals surface area contributed by atoms with E-state index in [0.29, 0.717) is 0 Å². The van der Waals surface area contributed by atoms with Crippen LogP contribution in [0.1, 0.15) is 10.4 Å². The SMILES string of the molecule is O=C(Nc1nnns1)c1cccc(Cl)c1[N+](=O)[O-]. The van der Waals surface area contributed by atoms with Gasteiger partial charge in [-0.3, -0.25) is 20.2 Å². The Balaban J connectivity index is 2.36. The van der Waals surface area contributed by atoms with Crippen LogP contribution < -0.4 is 5.32 Å². The number of halogens is 1. The number of para-hydroxylation sites is 1. The first-order valence-electron chi connectivity index (χ1n) is 4.49. The van der Waals surface area contributed by atoms with Gasteiger partial charge in [0.15, 0.2) is 0 Å². The van der Waals surface area contributed by atoms with E-state index in [2.05, 4.69) is 20.1 Å². The minimum absolute atomic E-state index is 0.108. The number of aromatic nitrogens is 3. The second-order valence-corrected chi connectivity index (χ2v) is 4.15. The molecule has 1 N–H and O–H groups in total. The van der Waals surface area contributed by atoms with Gasteiger partial charge in [0.05, 0.1) is 4.92 Å². The van der Waals surface area contributed by atoms with Crippen molar-refractivity contribution in [1.82, 2.24) is 14.8 Å². The molecule has 0 fully saturated rings. The van der Waals surface area contributed by atoms with E-state index in [-0.39, 0.29) is 15.7 Å². The maximum Gasteiger partial charge on any atom is 0.300 e. The molecule has 0 radical (unpaired) electrons. The van der Waals surface area contributed by atoms with Gasteiger partial charge in [-0.2, -0.15) is 0 Å². The molecule has 0 saturated heterocycles. The molecule has 1 aromatic carbocycles. The van der Waals surface area contributed by atoms with Crippen molar-refractivity contribution in [3.8, 4) is 0 Å². The zero-order chi connectivity index (χ0) is 13.1. The lowest BCUT2D eigenvalue weighted by atomic mass is 10.1. The number of anilines is 1. The summed E-state index contributed by atoms with van der Waals surface area (Å²) in [5, 5.41) is 20.0. The van der Waals surface area contributed by atoms with Crippen LogP contribution in [0.4, 0.5) is 10.8 Å². The van der Waals surface area contributed by atoms with Crippen LogP contribution in [0.25, 0.3) is 0 Å². The highest BCUT2D eigenvalue weighted by molar-refractivity contribution is 7.09. The van der Waals surface area contributed by atoms with Gasteiger partial charge in [-0.15, -0.1) is 0 Å². The molecule has 0 atom stereocenters. The van der Waals surface area contributed by atoms with Crippen LogP contribution in [0.3, 0.4) is 0 Å². The third-order valence-corrected chi connectivity index (χ3v) is 2.75. The molecule has 8 nitrogen and oxygen atoms in total. The number of rotatable bonds is 3. The fourth-order valence-electron chi connectivity index (χ4n) is 1.23. The summed E-state index contributed by atoms with van der Waals surface area (Å²) < 4.78 is 3.45. The summed E-state index contributed by atoms with van der Waals surface area (Å²) in [5.74, 6) is -0.692. The zero-order valence-corrected chi connectivity index (χ0v) is 10.1. The summed E-state index contributed by atoms with van der Waals surface area (Å²) in [5.41, 5.74) is -0.600. The highest BCUT2D eigenvalue weighted by Gasteiger charge is 2.24. The van der Waals surface area contributed by atoms with E-state index in [4.69, 9.17) is 11.6 Å². The topological polar surface area (TPSA) is 111 Å². The van der Waals surface area contributed by atoms with Crippen molar-refractivity contribution >= 4 is 39.9 Å². The molecule has 0 aliphatic heterocycles. The first-order chi connectivity index (χ1) is 8.59. The van der Waals surface area contributed by atoms with Crippen molar-refractivity contribution in [1.29, 1.82) is 0 Å². The van der Waals surface area contributed by atoms with E-state index in [1.165, 1.54) is 18.2 Å². The van der Waals surface area contributed by atoms with Crippen LogP contribution in [0, 0.1) is 10.1 Å². The fraction of sp³-hybridized carbons (Fsp3) is 0. The Morgan fingerprint density at radius 2 is 2.28 bits per heavy atom.